The van der Waals surface area contributed by atoms with Crippen LogP contribution in [0.15, 0.2) is 0 Å². The molecule has 0 bridgehead atoms. The van der Waals surface area contributed by atoms with E-state index in [4.69, 9.17) is 0 Å². The van der Waals surface area contributed by atoms with Crippen LogP contribution in [0.5, 0.6) is 0 Å². The molecule has 0 aliphatic rings. The minimum absolute atomic E-state index is 1.19. The Morgan fingerprint density at radius 3 is 1.67 bits per heavy atom. The second kappa shape index (κ2) is 3.88. The average molecular weight is 165 g/mol. The first-order valence-corrected chi connectivity index (χ1v) is 3.23. The molecule has 0 saturated heterocycles. The van der Waals surface area contributed by atoms with E-state index in [0.29, 0.717) is 0 Å². The van der Waals surface area contributed by atoms with Gasteiger partial charge < -0.3 is 0 Å². The van der Waals surface area contributed by atoms with Crippen LogP contribution in [0.3, 0.4) is 0 Å². The molecule has 0 N–H and O–H groups in total. The maximum absolute atomic E-state index is 2.30. The van der Waals surface area contributed by atoms with Gasteiger partial charge in [0.05, 0.1) is 0 Å². The molecule has 34 valence electrons. The summed E-state index contributed by atoms with van der Waals surface area (Å²) < 4.78 is 2.30. The molecule has 0 radical (unpaired) electrons. The maximum atomic E-state index is 2.30. The molecular formula is C4H10NNb+2. The van der Waals surface area contributed by atoms with E-state index >= 15 is 0 Å². The number of rotatable bonds is 2. The van der Waals surface area contributed by atoms with Crippen molar-refractivity contribution >= 4 is 0 Å². The molecular weight excluding hydrogens is 155 g/mol. The fourth-order valence-corrected chi connectivity index (χ4v) is 0.224. The number of hydrogen-bond acceptors (Lipinski definition) is 1. The van der Waals surface area contributed by atoms with Crippen LogP contribution in [0.2, 0.25) is 0 Å². The molecule has 0 spiro atoms. The molecule has 0 aliphatic carbocycles. The summed E-state index contributed by atoms with van der Waals surface area (Å²) in [5.74, 6) is 0. The van der Waals surface area contributed by atoms with Gasteiger partial charge in [0, 0.05) is 0 Å². The van der Waals surface area contributed by atoms with E-state index in [1.807, 2.05) is 0 Å². The molecule has 0 atom stereocenters. The van der Waals surface area contributed by atoms with Crippen LogP contribution >= 0.6 is 0 Å². The second-order valence-corrected chi connectivity index (χ2v) is 2.53. The van der Waals surface area contributed by atoms with Gasteiger partial charge in [0.15, 0.2) is 0 Å². The van der Waals surface area contributed by atoms with Crippen LogP contribution in [0.4, 0.5) is 0 Å². The molecule has 2 heteroatoms. The van der Waals surface area contributed by atoms with Crippen LogP contribution in [-0.4, -0.2) is 16.4 Å². The topological polar surface area (TPSA) is 3.24 Å². The standard InChI is InChI=1S/C4H10N.Nb/c1-3-5-4-2;/h3-4H2,1-2H3;/q-1;+3. The number of hydrogen-bond donors (Lipinski definition) is 0. The van der Waals surface area contributed by atoms with E-state index in [9.17, 15) is 0 Å². The molecule has 0 aliphatic heterocycles. The SMILES string of the molecule is CC[N]([Nb+2])CC. The quantitative estimate of drug-likeness (QED) is 0.546. The summed E-state index contributed by atoms with van der Waals surface area (Å²) in [5.41, 5.74) is 0. The molecule has 0 heterocycles. The summed E-state index contributed by atoms with van der Waals surface area (Å²) in [4.78, 5) is 0. The van der Waals surface area contributed by atoms with Crippen molar-refractivity contribution in [1.29, 1.82) is 0 Å². The first kappa shape index (κ1) is 6.70. The van der Waals surface area contributed by atoms with Crippen molar-refractivity contribution < 1.29 is 21.3 Å². The van der Waals surface area contributed by atoms with Crippen molar-refractivity contribution in [3.63, 3.8) is 0 Å². The van der Waals surface area contributed by atoms with Crippen molar-refractivity contribution in [2.24, 2.45) is 0 Å². The monoisotopic (exact) mass is 165 g/mol. The summed E-state index contributed by atoms with van der Waals surface area (Å²) in [6, 6.07) is 0. The van der Waals surface area contributed by atoms with E-state index in [0.717, 1.165) is 0 Å². The molecule has 0 fully saturated rings. The molecule has 0 aromatic rings. The third-order valence-electron chi connectivity index (χ3n) is 0.730. The Labute approximate surface area is 52.0 Å². The van der Waals surface area contributed by atoms with Gasteiger partial charge in [-0.05, 0) is 0 Å². The van der Waals surface area contributed by atoms with Gasteiger partial charge in [-0.25, -0.2) is 0 Å². The van der Waals surface area contributed by atoms with E-state index in [1.54, 1.807) is 21.3 Å². The van der Waals surface area contributed by atoms with Crippen LogP contribution in [0.25, 0.3) is 0 Å². The predicted molar refractivity (Wildman–Crippen MR) is 22.9 cm³/mol. The molecule has 0 aromatic carbocycles. The molecule has 0 amide bonds. The summed E-state index contributed by atoms with van der Waals surface area (Å²) in [5, 5.41) is 0. The van der Waals surface area contributed by atoms with Gasteiger partial charge in [0.2, 0.25) is 0 Å². The zero-order valence-corrected chi connectivity index (χ0v) is 6.51. The second-order valence-electron chi connectivity index (χ2n) is 1.14. The van der Waals surface area contributed by atoms with E-state index < -0.39 is 0 Å². The Bertz CT molecular complexity index is 26.7. The van der Waals surface area contributed by atoms with Gasteiger partial charge in [-0.3, -0.25) is 0 Å². The van der Waals surface area contributed by atoms with Crippen molar-refractivity contribution in [3.05, 3.63) is 0 Å². The van der Waals surface area contributed by atoms with Crippen LogP contribution in [-0.2, 0) is 21.3 Å². The van der Waals surface area contributed by atoms with Gasteiger partial charge in [-0.2, -0.15) is 0 Å². The summed E-state index contributed by atoms with van der Waals surface area (Å²) in [6.45, 7) is 6.71. The molecule has 0 unspecified atom stereocenters. The first-order chi connectivity index (χ1) is 2.81. The van der Waals surface area contributed by atoms with Crippen molar-refractivity contribution in [3.8, 4) is 0 Å². The van der Waals surface area contributed by atoms with Gasteiger partial charge in [0.1, 0.15) is 0 Å². The van der Waals surface area contributed by atoms with Gasteiger partial charge in [-0.15, -0.1) is 0 Å². The average Bonchev–Trinajstić information content (AvgIpc) is 1.65. The third kappa shape index (κ3) is 2.91. The minimum atomic E-state index is 1.19. The van der Waals surface area contributed by atoms with Crippen molar-refractivity contribution in [2.75, 3.05) is 13.1 Å². The predicted octanol–water partition coefficient (Wildman–Crippen LogP) is 0.790. The summed E-state index contributed by atoms with van der Waals surface area (Å²) in [7, 11) is 0. The Morgan fingerprint density at radius 1 is 1.33 bits per heavy atom. The normalized spacial score (nSPS) is 9.67. The van der Waals surface area contributed by atoms with Crippen molar-refractivity contribution in [1.82, 2.24) is 3.30 Å². The van der Waals surface area contributed by atoms with Gasteiger partial charge >= 0.3 is 51.6 Å². The first-order valence-electron chi connectivity index (χ1n) is 2.25. The van der Waals surface area contributed by atoms with Crippen LogP contribution < -0.4 is 0 Å². The molecule has 0 rings (SSSR count). The third-order valence-corrected chi connectivity index (χ3v) is 2.12. The molecule has 1 nitrogen and oxygen atoms in total. The molecule has 0 aromatic heterocycles. The molecule has 6 heavy (non-hydrogen) atoms. The van der Waals surface area contributed by atoms with Crippen molar-refractivity contribution in [2.45, 2.75) is 13.8 Å². The Morgan fingerprint density at radius 2 is 1.67 bits per heavy atom. The Hall–Kier alpha value is 0.700. The Kier molecular flexibility index (Phi) is 4.33. The summed E-state index contributed by atoms with van der Waals surface area (Å²) >= 11 is 1.79. The fraction of sp³-hybridized carbons (Fsp3) is 1.00. The fourth-order valence-electron chi connectivity index (χ4n) is 0.224. The van der Waals surface area contributed by atoms with E-state index in [1.165, 1.54) is 13.1 Å². The Balaban J connectivity index is 2.75. The zero-order valence-electron chi connectivity index (χ0n) is 4.31. The van der Waals surface area contributed by atoms with E-state index in [2.05, 4.69) is 17.2 Å². The summed E-state index contributed by atoms with van der Waals surface area (Å²) in [6.07, 6.45) is 0. The van der Waals surface area contributed by atoms with Crippen LogP contribution in [0, 0.1) is 0 Å². The molecule has 0 saturated carbocycles. The van der Waals surface area contributed by atoms with Gasteiger partial charge in [-0.1, -0.05) is 0 Å². The zero-order chi connectivity index (χ0) is 4.99. The van der Waals surface area contributed by atoms with Gasteiger partial charge in [0.25, 0.3) is 0 Å². The van der Waals surface area contributed by atoms with Crippen LogP contribution in [0.1, 0.15) is 13.8 Å². The number of nitrogens with zero attached hydrogens (tertiary/aromatic N) is 1. The van der Waals surface area contributed by atoms with E-state index in [-0.39, 0.29) is 0 Å².